The van der Waals surface area contributed by atoms with Crippen LogP contribution in [0.1, 0.15) is 28.1 Å². The SMILES string of the molecule is Cc1ccc(Cn2c(CCN)nnc2SCc2cccc(C#N)c2)cc1. The van der Waals surface area contributed by atoms with E-state index in [0.29, 0.717) is 18.5 Å². The Morgan fingerprint density at radius 1 is 1.12 bits per heavy atom. The van der Waals surface area contributed by atoms with Crippen molar-refractivity contribution in [1.82, 2.24) is 14.8 Å². The Morgan fingerprint density at radius 2 is 1.92 bits per heavy atom. The van der Waals surface area contributed by atoms with Crippen LogP contribution in [0.25, 0.3) is 0 Å². The molecule has 0 atom stereocenters. The van der Waals surface area contributed by atoms with Crippen LogP contribution in [0, 0.1) is 18.3 Å². The molecular formula is C20H21N5S. The van der Waals surface area contributed by atoms with Crippen LogP contribution >= 0.6 is 11.8 Å². The lowest BCUT2D eigenvalue weighted by atomic mass is 10.1. The van der Waals surface area contributed by atoms with Gasteiger partial charge in [-0.25, -0.2) is 0 Å². The number of hydrogen-bond acceptors (Lipinski definition) is 5. The summed E-state index contributed by atoms with van der Waals surface area (Å²) in [5.74, 6) is 1.64. The van der Waals surface area contributed by atoms with Gasteiger partial charge in [-0.3, -0.25) is 0 Å². The number of aryl methyl sites for hydroxylation is 1. The average molecular weight is 363 g/mol. The van der Waals surface area contributed by atoms with Crippen LogP contribution in [-0.4, -0.2) is 21.3 Å². The van der Waals surface area contributed by atoms with E-state index in [2.05, 4.69) is 52.0 Å². The summed E-state index contributed by atoms with van der Waals surface area (Å²) in [7, 11) is 0. The summed E-state index contributed by atoms with van der Waals surface area (Å²) in [5, 5.41) is 18.6. The van der Waals surface area contributed by atoms with Crippen molar-refractivity contribution in [2.24, 2.45) is 5.73 Å². The second kappa shape index (κ2) is 8.65. The normalized spacial score (nSPS) is 10.7. The molecule has 1 heterocycles. The van der Waals surface area contributed by atoms with E-state index >= 15 is 0 Å². The maximum atomic E-state index is 9.04. The van der Waals surface area contributed by atoms with E-state index in [9.17, 15) is 0 Å². The Kier molecular flexibility index (Phi) is 6.05. The number of nitriles is 1. The fourth-order valence-electron chi connectivity index (χ4n) is 2.65. The summed E-state index contributed by atoms with van der Waals surface area (Å²) in [6.45, 7) is 3.35. The molecule has 6 heteroatoms. The van der Waals surface area contributed by atoms with E-state index in [-0.39, 0.29) is 0 Å². The number of thioether (sulfide) groups is 1. The largest absolute Gasteiger partial charge is 0.330 e. The third-order valence-corrected chi connectivity index (χ3v) is 5.08. The van der Waals surface area contributed by atoms with Crippen LogP contribution in [0.15, 0.2) is 53.7 Å². The number of nitrogens with two attached hydrogens (primary N) is 1. The minimum absolute atomic E-state index is 0.543. The summed E-state index contributed by atoms with van der Waals surface area (Å²) in [5.41, 5.74) is 9.95. The predicted molar refractivity (Wildman–Crippen MR) is 104 cm³/mol. The number of rotatable bonds is 7. The first-order valence-corrected chi connectivity index (χ1v) is 9.47. The van der Waals surface area contributed by atoms with Crippen LogP contribution in [0.2, 0.25) is 0 Å². The molecule has 2 N–H and O–H groups in total. The number of benzene rings is 2. The van der Waals surface area contributed by atoms with Gasteiger partial charge in [0, 0.05) is 12.2 Å². The van der Waals surface area contributed by atoms with Gasteiger partial charge in [0.2, 0.25) is 0 Å². The van der Waals surface area contributed by atoms with Gasteiger partial charge in [-0.05, 0) is 36.7 Å². The molecule has 0 aliphatic rings. The zero-order chi connectivity index (χ0) is 18.4. The van der Waals surface area contributed by atoms with Crippen LogP contribution in [0.4, 0.5) is 0 Å². The fourth-order valence-corrected chi connectivity index (χ4v) is 3.55. The quantitative estimate of drug-likeness (QED) is 0.652. The highest BCUT2D eigenvalue weighted by Gasteiger charge is 2.13. The second-order valence-corrected chi connectivity index (χ2v) is 7.05. The molecule has 132 valence electrons. The molecule has 0 amide bonds. The molecule has 26 heavy (non-hydrogen) atoms. The molecule has 0 saturated carbocycles. The lowest BCUT2D eigenvalue weighted by Gasteiger charge is -2.10. The molecule has 3 aromatic rings. The van der Waals surface area contributed by atoms with Crippen molar-refractivity contribution in [3.8, 4) is 6.07 Å². The van der Waals surface area contributed by atoms with Crippen LogP contribution < -0.4 is 5.73 Å². The molecule has 0 saturated heterocycles. The number of aromatic nitrogens is 3. The molecule has 1 aromatic heterocycles. The van der Waals surface area contributed by atoms with Gasteiger partial charge in [0.15, 0.2) is 5.16 Å². The summed E-state index contributed by atoms with van der Waals surface area (Å²) in [6.07, 6.45) is 0.698. The molecule has 0 radical (unpaired) electrons. The summed E-state index contributed by atoms with van der Waals surface area (Å²) in [4.78, 5) is 0. The lowest BCUT2D eigenvalue weighted by Crippen LogP contribution is -2.11. The highest BCUT2D eigenvalue weighted by Crippen LogP contribution is 2.23. The van der Waals surface area contributed by atoms with E-state index in [0.717, 1.165) is 28.8 Å². The van der Waals surface area contributed by atoms with Crippen molar-refractivity contribution >= 4 is 11.8 Å². The van der Waals surface area contributed by atoms with Crippen LogP contribution in [0.5, 0.6) is 0 Å². The zero-order valence-corrected chi connectivity index (χ0v) is 15.5. The standard InChI is InChI=1S/C20H21N5S/c1-15-5-7-16(8-6-15)13-25-19(9-10-21)23-24-20(25)26-14-18-4-2-3-17(11-18)12-22/h2-8,11H,9-10,13-14,21H2,1H3. The van der Waals surface area contributed by atoms with E-state index < -0.39 is 0 Å². The van der Waals surface area contributed by atoms with Crippen molar-refractivity contribution in [2.45, 2.75) is 30.8 Å². The third kappa shape index (κ3) is 4.51. The Morgan fingerprint density at radius 3 is 2.65 bits per heavy atom. The van der Waals surface area contributed by atoms with Crippen molar-refractivity contribution in [3.63, 3.8) is 0 Å². The van der Waals surface area contributed by atoms with E-state index in [1.165, 1.54) is 11.1 Å². The Bertz CT molecular complexity index is 909. The van der Waals surface area contributed by atoms with Crippen molar-refractivity contribution in [3.05, 3.63) is 76.6 Å². The maximum absolute atomic E-state index is 9.04. The molecule has 3 rings (SSSR count). The lowest BCUT2D eigenvalue weighted by molar-refractivity contribution is 0.663. The maximum Gasteiger partial charge on any atom is 0.191 e. The monoisotopic (exact) mass is 363 g/mol. The molecule has 0 unspecified atom stereocenters. The molecule has 0 aliphatic carbocycles. The molecule has 5 nitrogen and oxygen atoms in total. The van der Waals surface area contributed by atoms with Gasteiger partial charge in [-0.2, -0.15) is 5.26 Å². The minimum atomic E-state index is 0.543. The highest BCUT2D eigenvalue weighted by atomic mass is 32.2. The summed E-state index contributed by atoms with van der Waals surface area (Å²) in [6, 6.07) is 18.3. The van der Waals surface area contributed by atoms with Gasteiger partial charge >= 0.3 is 0 Å². The Labute approximate surface area is 157 Å². The minimum Gasteiger partial charge on any atom is -0.330 e. The van der Waals surface area contributed by atoms with Gasteiger partial charge in [0.25, 0.3) is 0 Å². The molecule has 0 spiro atoms. The number of hydrogen-bond donors (Lipinski definition) is 1. The second-order valence-electron chi connectivity index (χ2n) is 6.11. The van der Waals surface area contributed by atoms with E-state index in [1.807, 2.05) is 24.3 Å². The molecule has 2 aromatic carbocycles. The smallest absolute Gasteiger partial charge is 0.191 e. The van der Waals surface area contributed by atoms with Gasteiger partial charge < -0.3 is 10.3 Å². The van der Waals surface area contributed by atoms with Gasteiger partial charge in [0.05, 0.1) is 18.2 Å². The van der Waals surface area contributed by atoms with Gasteiger partial charge in [-0.15, -0.1) is 10.2 Å². The van der Waals surface area contributed by atoms with Crippen molar-refractivity contribution in [1.29, 1.82) is 5.26 Å². The van der Waals surface area contributed by atoms with Crippen LogP contribution in [0.3, 0.4) is 0 Å². The number of nitrogens with zero attached hydrogens (tertiary/aromatic N) is 4. The molecule has 0 aliphatic heterocycles. The third-order valence-electron chi connectivity index (χ3n) is 4.05. The first-order valence-electron chi connectivity index (χ1n) is 8.49. The zero-order valence-electron chi connectivity index (χ0n) is 14.7. The van der Waals surface area contributed by atoms with Crippen molar-refractivity contribution in [2.75, 3.05) is 6.54 Å². The first kappa shape index (κ1) is 18.2. The Balaban J connectivity index is 1.80. The molecule has 0 fully saturated rings. The highest BCUT2D eigenvalue weighted by molar-refractivity contribution is 7.98. The molecular weight excluding hydrogens is 342 g/mol. The average Bonchev–Trinajstić information content (AvgIpc) is 3.04. The van der Waals surface area contributed by atoms with E-state index in [4.69, 9.17) is 11.0 Å². The topological polar surface area (TPSA) is 80.5 Å². The van der Waals surface area contributed by atoms with Crippen molar-refractivity contribution < 1.29 is 0 Å². The fraction of sp³-hybridized carbons (Fsp3) is 0.250. The summed E-state index contributed by atoms with van der Waals surface area (Å²) >= 11 is 1.63. The summed E-state index contributed by atoms with van der Waals surface area (Å²) < 4.78 is 2.14. The Hall–Kier alpha value is -2.62. The predicted octanol–water partition coefficient (Wildman–Crippen LogP) is 3.30. The van der Waals surface area contributed by atoms with Gasteiger partial charge in [-0.1, -0.05) is 53.7 Å². The first-order chi connectivity index (χ1) is 12.7. The molecule has 0 bridgehead atoms. The van der Waals surface area contributed by atoms with E-state index in [1.54, 1.807) is 11.8 Å². The van der Waals surface area contributed by atoms with Gasteiger partial charge in [0.1, 0.15) is 5.82 Å². The van der Waals surface area contributed by atoms with Crippen LogP contribution in [-0.2, 0) is 18.7 Å².